The molecule has 0 unspecified atom stereocenters. The lowest BCUT2D eigenvalue weighted by Crippen LogP contribution is -2.19. The van der Waals surface area contributed by atoms with Gasteiger partial charge >= 0.3 is 0 Å². The van der Waals surface area contributed by atoms with Crippen LogP contribution in [-0.4, -0.2) is 12.1 Å². The van der Waals surface area contributed by atoms with Crippen LogP contribution in [0.25, 0.3) is 0 Å². The SMILES string of the molecule is CC(C)CC(=O)NN=CCc1ccccc1. The molecule has 0 aliphatic heterocycles. The molecule has 0 radical (unpaired) electrons. The van der Waals surface area contributed by atoms with E-state index in [0.717, 1.165) is 6.42 Å². The summed E-state index contributed by atoms with van der Waals surface area (Å²) < 4.78 is 0. The molecule has 0 heterocycles. The molecule has 0 fully saturated rings. The van der Waals surface area contributed by atoms with E-state index < -0.39 is 0 Å². The van der Waals surface area contributed by atoms with Gasteiger partial charge in [0.2, 0.25) is 5.91 Å². The number of nitrogens with one attached hydrogen (secondary N) is 1. The second kappa shape index (κ2) is 6.77. The number of carbonyl (C=O) groups excluding carboxylic acids is 1. The third-order valence-corrected chi connectivity index (χ3v) is 2.04. The van der Waals surface area contributed by atoms with Crippen molar-refractivity contribution in [2.75, 3.05) is 0 Å². The fourth-order valence-electron chi connectivity index (χ4n) is 1.30. The normalized spacial score (nSPS) is 10.9. The van der Waals surface area contributed by atoms with E-state index in [9.17, 15) is 4.79 Å². The monoisotopic (exact) mass is 218 g/mol. The Hall–Kier alpha value is -1.64. The number of hydrogen-bond donors (Lipinski definition) is 1. The fraction of sp³-hybridized carbons (Fsp3) is 0.385. The van der Waals surface area contributed by atoms with Crippen molar-refractivity contribution in [2.45, 2.75) is 26.7 Å². The molecule has 0 saturated carbocycles. The summed E-state index contributed by atoms with van der Waals surface area (Å²) in [5.74, 6) is 0.337. The van der Waals surface area contributed by atoms with Crippen LogP contribution in [0.2, 0.25) is 0 Å². The van der Waals surface area contributed by atoms with E-state index in [1.165, 1.54) is 5.56 Å². The molecule has 0 atom stereocenters. The lowest BCUT2D eigenvalue weighted by Gasteiger charge is -2.01. The molecule has 3 heteroatoms. The molecule has 0 saturated heterocycles. The first-order valence-corrected chi connectivity index (χ1v) is 5.52. The van der Waals surface area contributed by atoms with Crippen molar-refractivity contribution in [3.8, 4) is 0 Å². The average Bonchev–Trinajstić information content (AvgIpc) is 2.25. The van der Waals surface area contributed by atoms with Crippen LogP contribution in [0.4, 0.5) is 0 Å². The Morgan fingerprint density at radius 1 is 1.38 bits per heavy atom. The zero-order valence-corrected chi connectivity index (χ0v) is 9.81. The summed E-state index contributed by atoms with van der Waals surface area (Å²) in [6.07, 6.45) is 2.97. The van der Waals surface area contributed by atoms with Gasteiger partial charge in [-0.25, -0.2) is 5.43 Å². The van der Waals surface area contributed by atoms with Gasteiger partial charge in [0, 0.05) is 19.1 Å². The van der Waals surface area contributed by atoms with Crippen molar-refractivity contribution in [3.63, 3.8) is 0 Å². The van der Waals surface area contributed by atoms with Gasteiger partial charge in [-0.3, -0.25) is 4.79 Å². The molecule has 0 aliphatic carbocycles. The quantitative estimate of drug-likeness (QED) is 0.598. The van der Waals surface area contributed by atoms with Gasteiger partial charge in [-0.2, -0.15) is 5.10 Å². The Kier molecular flexibility index (Phi) is 5.26. The summed E-state index contributed by atoms with van der Waals surface area (Å²) >= 11 is 0. The fourth-order valence-corrected chi connectivity index (χ4v) is 1.30. The number of hydrogen-bond acceptors (Lipinski definition) is 2. The minimum absolute atomic E-state index is 0.0284. The third kappa shape index (κ3) is 5.29. The molecule has 1 aromatic rings. The van der Waals surface area contributed by atoms with E-state index in [2.05, 4.69) is 10.5 Å². The van der Waals surface area contributed by atoms with Gasteiger partial charge in [0.05, 0.1) is 0 Å². The van der Waals surface area contributed by atoms with Crippen LogP contribution in [0, 0.1) is 5.92 Å². The number of carbonyl (C=O) groups is 1. The summed E-state index contributed by atoms with van der Waals surface area (Å²) in [4.78, 5) is 11.2. The van der Waals surface area contributed by atoms with Gasteiger partial charge in [-0.1, -0.05) is 44.2 Å². The Morgan fingerprint density at radius 2 is 2.06 bits per heavy atom. The topological polar surface area (TPSA) is 41.5 Å². The van der Waals surface area contributed by atoms with Crippen LogP contribution >= 0.6 is 0 Å². The summed E-state index contributed by atoms with van der Waals surface area (Å²) in [5, 5.41) is 3.90. The average molecular weight is 218 g/mol. The van der Waals surface area contributed by atoms with Crippen molar-refractivity contribution >= 4 is 12.1 Å². The van der Waals surface area contributed by atoms with Crippen LogP contribution in [0.5, 0.6) is 0 Å². The van der Waals surface area contributed by atoms with E-state index in [1.807, 2.05) is 44.2 Å². The van der Waals surface area contributed by atoms with E-state index in [-0.39, 0.29) is 5.91 Å². The Bertz CT molecular complexity index is 344. The van der Waals surface area contributed by atoms with Crippen molar-refractivity contribution in [3.05, 3.63) is 35.9 Å². The minimum Gasteiger partial charge on any atom is -0.273 e. The molecule has 3 nitrogen and oxygen atoms in total. The Morgan fingerprint density at radius 3 is 2.69 bits per heavy atom. The molecule has 0 aliphatic rings. The van der Waals surface area contributed by atoms with Gasteiger partial charge < -0.3 is 0 Å². The second-order valence-corrected chi connectivity index (χ2v) is 4.13. The summed E-state index contributed by atoms with van der Waals surface area (Å²) in [7, 11) is 0. The van der Waals surface area contributed by atoms with Gasteiger partial charge in [0.25, 0.3) is 0 Å². The molecule has 0 spiro atoms. The van der Waals surface area contributed by atoms with Crippen LogP contribution in [-0.2, 0) is 11.2 Å². The molecule has 0 bridgehead atoms. The Labute approximate surface area is 96.6 Å². The van der Waals surface area contributed by atoms with E-state index in [1.54, 1.807) is 6.21 Å². The predicted molar refractivity (Wildman–Crippen MR) is 66.2 cm³/mol. The molecular weight excluding hydrogens is 200 g/mol. The zero-order chi connectivity index (χ0) is 11.8. The van der Waals surface area contributed by atoms with Crippen molar-refractivity contribution in [2.24, 2.45) is 11.0 Å². The first-order valence-electron chi connectivity index (χ1n) is 5.52. The highest BCUT2D eigenvalue weighted by molar-refractivity contribution is 5.77. The van der Waals surface area contributed by atoms with E-state index in [4.69, 9.17) is 0 Å². The zero-order valence-electron chi connectivity index (χ0n) is 9.81. The number of benzene rings is 1. The maximum atomic E-state index is 11.2. The predicted octanol–water partition coefficient (Wildman–Crippen LogP) is 2.38. The van der Waals surface area contributed by atoms with E-state index >= 15 is 0 Å². The van der Waals surface area contributed by atoms with Crippen molar-refractivity contribution in [1.82, 2.24) is 5.43 Å². The van der Waals surface area contributed by atoms with E-state index in [0.29, 0.717) is 12.3 Å². The lowest BCUT2D eigenvalue weighted by molar-refractivity contribution is -0.121. The van der Waals surface area contributed by atoms with Gasteiger partial charge in [0.1, 0.15) is 0 Å². The molecule has 86 valence electrons. The first-order chi connectivity index (χ1) is 7.68. The lowest BCUT2D eigenvalue weighted by atomic mass is 10.1. The van der Waals surface area contributed by atoms with Gasteiger partial charge in [-0.15, -0.1) is 0 Å². The van der Waals surface area contributed by atoms with Gasteiger partial charge in [-0.05, 0) is 11.5 Å². The smallest absolute Gasteiger partial charge is 0.240 e. The van der Waals surface area contributed by atoms with Crippen LogP contribution in [0.1, 0.15) is 25.8 Å². The molecular formula is C13H18N2O. The maximum absolute atomic E-state index is 11.2. The third-order valence-electron chi connectivity index (χ3n) is 2.04. The highest BCUT2D eigenvalue weighted by Gasteiger charge is 2.01. The minimum atomic E-state index is -0.0284. The molecule has 1 rings (SSSR count). The van der Waals surface area contributed by atoms with Gasteiger partial charge in [0.15, 0.2) is 0 Å². The highest BCUT2D eigenvalue weighted by atomic mass is 16.2. The number of nitrogens with zero attached hydrogens (tertiary/aromatic N) is 1. The second-order valence-electron chi connectivity index (χ2n) is 4.13. The van der Waals surface area contributed by atoms with Crippen molar-refractivity contribution in [1.29, 1.82) is 0 Å². The molecule has 16 heavy (non-hydrogen) atoms. The Balaban J connectivity index is 2.26. The van der Waals surface area contributed by atoms with Crippen LogP contribution in [0.3, 0.4) is 0 Å². The molecule has 1 aromatic carbocycles. The first kappa shape index (κ1) is 12.4. The van der Waals surface area contributed by atoms with Crippen molar-refractivity contribution < 1.29 is 4.79 Å². The molecule has 0 aromatic heterocycles. The highest BCUT2D eigenvalue weighted by Crippen LogP contribution is 1.98. The summed E-state index contributed by atoms with van der Waals surface area (Å²) in [6.45, 7) is 4.01. The van der Waals surface area contributed by atoms with Crippen LogP contribution in [0.15, 0.2) is 35.4 Å². The standard InChI is InChI=1S/C13H18N2O/c1-11(2)10-13(16)15-14-9-8-12-6-4-3-5-7-12/h3-7,9,11H,8,10H2,1-2H3,(H,15,16). The van der Waals surface area contributed by atoms with Crippen LogP contribution < -0.4 is 5.43 Å². The maximum Gasteiger partial charge on any atom is 0.240 e. The number of amides is 1. The number of hydrazone groups is 1. The summed E-state index contributed by atoms with van der Waals surface area (Å²) in [6, 6.07) is 10.0. The molecule has 1 N–H and O–H groups in total. The molecule has 1 amide bonds. The largest absolute Gasteiger partial charge is 0.273 e. The number of rotatable bonds is 5. The summed E-state index contributed by atoms with van der Waals surface area (Å²) in [5.41, 5.74) is 3.70.